The van der Waals surface area contributed by atoms with E-state index in [9.17, 15) is 22.4 Å². The minimum atomic E-state index is -4.66. The van der Waals surface area contributed by atoms with Gasteiger partial charge in [-0.1, -0.05) is 29.8 Å². The van der Waals surface area contributed by atoms with Crippen LogP contribution < -0.4 is 0 Å². The molecule has 4 rings (SSSR count). The second kappa shape index (κ2) is 9.98. The molecule has 1 fully saturated rings. The third-order valence-electron chi connectivity index (χ3n) is 6.85. The number of rotatable bonds is 6. The number of carboxylic acids is 1. The Morgan fingerprint density at radius 2 is 1.83 bits per heavy atom. The minimum absolute atomic E-state index is 0.0811. The number of hydrogen-bond acceptors (Lipinski definition) is 2. The maximum atomic E-state index is 14.5. The Morgan fingerprint density at radius 3 is 2.44 bits per heavy atom. The Kier molecular flexibility index (Phi) is 7.30. The Morgan fingerprint density at radius 1 is 1.17 bits per heavy atom. The highest BCUT2D eigenvalue weighted by Gasteiger charge is 2.32. The van der Waals surface area contributed by atoms with Crippen molar-refractivity contribution >= 4 is 45.8 Å². The molecule has 1 aliphatic rings. The van der Waals surface area contributed by atoms with E-state index in [2.05, 4.69) is 11.5 Å². The molecule has 2 aromatic carbocycles. The molecule has 4 nitrogen and oxygen atoms in total. The van der Waals surface area contributed by atoms with Crippen molar-refractivity contribution in [3.05, 3.63) is 75.2 Å². The predicted molar refractivity (Wildman–Crippen MR) is 133 cm³/mol. The third kappa shape index (κ3) is 5.20. The van der Waals surface area contributed by atoms with E-state index in [1.54, 1.807) is 19.2 Å². The molecule has 1 aliphatic heterocycles. The van der Waals surface area contributed by atoms with Crippen molar-refractivity contribution in [1.82, 2.24) is 9.47 Å². The number of nitrogens with zero attached hydrogens (tertiary/aromatic N) is 2. The second-order valence-corrected chi connectivity index (χ2v) is 9.91. The smallest absolute Gasteiger partial charge is 0.416 e. The van der Waals surface area contributed by atoms with Crippen molar-refractivity contribution in [2.45, 2.75) is 31.9 Å². The molecule has 1 aromatic heterocycles. The van der Waals surface area contributed by atoms with Gasteiger partial charge in [0.1, 0.15) is 5.82 Å². The number of aryl methyl sites for hydroxylation is 1. The molecule has 10 heteroatoms. The molecule has 0 atom stereocenters. The van der Waals surface area contributed by atoms with Crippen molar-refractivity contribution in [2.75, 3.05) is 13.1 Å². The topological polar surface area (TPSA) is 45.5 Å². The van der Waals surface area contributed by atoms with Gasteiger partial charge in [0.25, 0.3) is 0 Å². The maximum absolute atomic E-state index is 14.5. The third-order valence-corrected chi connectivity index (χ3v) is 7.64. The summed E-state index contributed by atoms with van der Waals surface area (Å²) < 4.78 is 55.6. The number of aliphatic carboxylic acids is 1. The average Bonchev–Trinajstić information content (AvgIpc) is 3.12. The largest absolute Gasteiger partial charge is 0.481 e. The normalized spacial score (nSPS) is 15.0. The van der Waals surface area contributed by atoms with Gasteiger partial charge in [0.05, 0.1) is 16.1 Å². The summed E-state index contributed by atoms with van der Waals surface area (Å²) in [5.74, 6) is -1.64. The molecular weight excluding hydrogens is 519 g/mol. The van der Waals surface area contributed by atoms with Gasteiger partial charge in [-0.3, -0.25) is 4.79 Å². The molecule has 0 aliphatic carbocycles. The van der Waals surface area contributed by atoms with Gasteiger partial charge in [0, 0.05) is 60.3 Å². The lowest BCUT2D eigenvalue weighted by atomic mass is 9.92. The molecule has 3 aromatic rings. The van der Waals surface area contributed by atoms with Crippen LogP contribution in [0, 0.1) is 11.7 Å². The zero-order valence-electron chi connectivity index (χ0n) is 19.4. The number of likely N-dealkylation sites (tertiary alicyclic amines) is 1. The lowest BCUT2D eigenvalue weighted by Crippen LogP contribution is -2.33. The Labute approximate surface area is 215 Å². The molecule has 0 unspecified atom stereocenters. The first-order chi connectivity index (χ1) is 16.9. The van der Waals surface area contributed by atoms with E-state index in [0.717, 1.165) is 18.9 Å². The average molecular weight is 543 g/mol. The molecule has 36 heavy (non-hydrogen) atoms. The summed E-state index contributed by atoms with van der Waals surface area (Å²) in [6, 6.07) is 6.38. The van der Waals surface area contributed by atoms with Crippen molar-refractivity contribution in [3.8, 4) is 0 Å². The fourth-order valence-corrected chi connectivity index (χ4v) is 5.38. The highest BCUT2D eigenvalue weighted by Crippen LogP contribution is 2.38. The lowest BCUT2D eigenvalue weighted by Gasteiger charge is -2.34. The van der Waals surface area contributed by atoms with Crippen LogP contribution in [0.2, 0.25) is 10.0 Å². The second-order valence-electron chi connectivity index (χ2n) is 9.12. The Bertz CT molecular complexity index is 1340. The number of benzene rings is 2. The van der Waals surface area contributed by atoms with Crippen LogP contribution in [0.1, 0.15) is 41.6 Å². The molecule has 0 spiro atoms. The molecule has 2 heterocycles. The predicted octanol–water partition coefficient (Wildman–Crippen LogP) is 7.39. The van der Waals surface area contributed by atoms with Gasteiger partial charge in [-0.05, 0) is 54.7 Å². The van der Waals surface area contributed by atoms with Gasteiger partial charge in [-0.15, -0.1) is 0 Å². The van der Waals surface area contributed by atoms with Gasteiger partial charge in [-0.2, -0.15) is 13.2 Å². The summed E-state index contributed by atoms with van der Waals surface area (Å²) in [4.78, 5) is 13.1. The van der Waals surface area contributed by atoms with Crippen LogP contribution in [0.3, 0.4) is 0 Å². The van der Waals surface area contributed by atoms with E-state index < -0.39 is 23.5 Å². The molecule has 192 valence electrons. The van der Waals surface area contributed by atoms with Crippen molar-refractivity contribution in [3.63, 3.8) is 0 Å². The van der Waals surface area contributed by atoms with Crippen LogP contribution in [0.25, 0.3) is 16.6 Å². The number of fused-ring (bicyclic) bond motifs is 1. The number of halogens is 6. The van der Waals surface area contributed by atoms with Gasteiger partial charge >= 0.3 is 12.1 Å². The van der Waals surface area contributed by atoms with Crippen LogP contribution in [-0.2, 0) is 24.4 Å². The number of aromatic nitrogens is 1. The fourth-order valence-electron chi connectivity index (χ4n) is 4.76. The van der Waals surface area contributed by atoms with Crippen molar-refractivity contribution < 1.29 is 27.5 Å². The summed E-state index contributed by atoms with van der Waals surface area (Å²) in [6.07, 6.45) is -2.90. The number of alkyl halides is 3. The van der Waals surface area contributed by atoms with Crippen molar-refractivity contribution in [2.24, 2.45) is 13.0 Å². The van der Waals surface area contributed by atoms with Gasteiger partial charge in [-0.25, -0.2) is 4.39 Å². The standard InChI is InChI=1S/C26H24Cl2F4N2O2/c1-14(34-7-5-15(6-8-34)9-24(35)36)18-3-4-21(27)19(25(18)28)12-17-13-20-22(29)10-16(26(30,31)32)11-23(20)33(17)2/h3-4,10-11,13,15H,1,5-9,12H2,2H3,(H,35,36). The summed E-state index contributed by atoms with van der Waals surface area (Å²) in [7, 11) is 1.57. The summed E-state index contributed by atoms with van der Waals surface area (Å²) >= 11 is 13.2. The number of carbonyl (C=O) groups is 1. The summed E-state index contributed by atoms with van der Waals surface area (Å²) in [5.41, 5.74) is 1.52. The molecule has 0 radical (unpaired) electrons. The first-order valence-corrected chi connectivity index (χ1v) is 12.1. The number of hydrogen-bond donors (Lipinski definition) is 1. The molecule has 0 saturated carbocycles. The van der Waals surface area contributed by atoms with Crippen LogP contribution in [0.5, 0.6) is 0 Å². The fraction of sp³-hybridized carbons (Fsp3) is 0.346. The number of piperidine rings is 1. The van der Waals surface area contributed by atoms with Gasteiger partial charge in [0.2, 0.25) is 0 Å². The first kappa shape index (κ1) is 26.4. The van der Waals surface area contributed by atoms with Crippen LogP contribution >= 0.6 is 23.2 Å². The van der Waals surface area contributed by atoms with E-state index in [4.69, 9.17) is 28.3 Å². The minimum Gasteiger partial charge on any atom is -0.481 e. The Hall–Kier alpha value is -2.71. The molecule has 1 saturated heterocycles. The van der Waals surface area contributed by atoms with E-state index in [0.29, 0.717) is 51.7 Å². The molecule has 0 amide bonds. The molecule has 0 bridgehead atoms. The maximum Gasteiger partial charge on any atom is 0.416 e. The van der Waals surface area contributed by atoms with E-state index in [1.165, 1.54) is 10.6 Å². The Balaban J connectivity index is 1.62. The zero-order chi connectivity index (χ0) is 26.4. The lowest BCUT2D eigenvalue weighted by molar-refractivity contribution is -0.139. The number of carboxylic acid groups (broad SMARTS) is 1. The summed E-state index contributed by atoms with van der Waals surface area (Å²) in [6.45, 7) is 5.49. The zero-order valence-corrected chi connectivity index (χ0v) is 20.9. The molecular formula is C26H24Cl2F4N2O2. The van der Waals surface area contributed by atoms with E-state index in [-0.39, 0.29) is 29.7 Å². The van der Waals surface area contributed by atoms with Gasteiger partial charge < -0.3 is 14.6 Å². The van der Waals surface area contributed by atoms with Crippen molar-refractivity contribution in [1.29, 1.82) is 0 Å². The summed E-state index contributed by atoms with van der Waals surface area (Å²) in [5, 5.41) is 9.85. The first-order valence-electron chi connectivity index (χ1n) is 11.3. The highest BCUT2D eigenvalue weighted by molar-refractivity contribution is 6.37. The SMILES string of the molecule is C=C(c1ccc(Cl)c(Cc2cc3c(F)cc(C(F)(F)F)cc3n2C)c1Cl)N1CCC(CC(=O)O)CC1. The van der Waals surface area contributed by atoms with Crippen LogP contribution in [0.4, 0.5) is 17.6 Å². The molecule has 1 N–H and O–H groups in total. The van der Waals surface area contributed by atoms with Crippen LogP contribution in [0.15, 0.2) is 36.9 Å². The van der Waals surface area contributed by atoms with Crippen LogP contribution in [-0.4, -0.2) is 33.6 Å². The highest BCUT2D eigenvalue weighted by atomic mass is 35.5. The quantitative estimate of drug-likeness (QED) is 0.330. The van der Waals surface area contributed by atoms with Gasteiger partial charge in [0.15, 0.2) is 0 Å². The van der Waals surface area contributed by atoms with E-state index >= 15 is 0 Å². The van der Waals surface area contributed by atoms with E-state index in [1.807, 2.05) is 0 Å². The monoisotopic (exact) mass is 542 g/mol.